The molecule has 0 bridgehead atoms. The maximum atomic E-state index is 11.3. The Balaban J connectivity index is 1.65. The standard InChI is InChI=1S/C16H12N2O5S/c17-24(19,20)12-4-1-10(2-5-12)15-8-13(18-23-15)11-3-6-14-16(7-11)22-9-21-14/h1-8H,9H2,(H2,17,19,20). The molecule has 1 aliphatic rings. The first-order chi connectivity index (χ1) is 11.5. The van der Waals surface area contributed by atoms with Gasteiger partial charge in [0.05, 0.1) is 4.90 Å². The van der Waals surface area contributed by atoms with Crippen LogP contribution in [0.5, 0.6) is 11.5 Å². The second kappa shape index (κ2) is 5.36. The summed E-state index contributed by atoms with van der Waals surface area (Å²) in [6, 6.07) is 13.3. The van der Waals surface area contributed by atoms with Crippen LogP contribution in [0.25, 0.3) is 22.6 Å². The van der Waals surface area contributed by atoms with Crippen LogP contribution in [0, 0.1) is 0 Å². The van der Waals surface area contributed by atoms with Crippen LogP contribution in [0.3, 0.4) is 0 Å². The van der Waals surface area contributed by atoms with Crippen LogP contribution >= 0.6 is 0 Å². The summed E-state index contributed by atoms with van der Waals surface area (Å²) in [7, 11) is -3.72. The molecular formula is C16H12N2O5S. The number of ether oxygens (including phenoxy) is 2. The fourth-order valence-corrected chi connectivity index (χ4v) is 2.93. The largest absolute Gasteiger partial charge is 0.454 e. The molecule has 3 aromatic rings. The molecule has 1 aromatic heterocycles. The lowest BCUT2D eigenvalue weighted by Gasteiger charge is -1.99. The van der Waals surface area contributed by atoms with Crippen molar-refractivity contribution in [3.8, 4) is 34.1 Å². The summed E-state index contributed by atoms with van der Waals surface area (Å²) >= 11 is 0. The number of hydrogen-bond acceptors (Lipinski definition) is 6. The van der Waals surface area contributed by atoms with Crippen molar-refractivity contribution in [1.82, 2.24) is 5.16 Å². The highest BCUT2D eigenvalue weighted by molar-refractivity contribution is 7.89. The quantitative estimate of drug-likeness (QED) is 0.782. The normalized spacial score (nSPS) is 13.2. The number of nitrogens with zero attached hydrogens (tertiary/aromatic N) is 1. The number of aromatic nitrogens is 1. The van der Waals surface area contributed by atoms with E-state index in [2.05, 4.69) is 5.16 Å². The van der Waals surface area contributed by atoms with E-state index in [0.717, 1.165) is 5.56 Å². The van der Waals surface area contributed by atoms with Crippen LogP contribution in [0.4, 0.5) is 0 Å². The molecule has 4 rings (SSSR count). The molecule has 0 saturated carbocycles. The average molecular weight is 344 g/mol. The third-order valence-electron chi connectivity index (χ3n) is 3.65. The summed E-state index contributed by atoms with van der Waals surface area (Å²) in [6.07, 6.45) is 0. The van der Waals surface area contributed by atoms with Crippen LogP contribution in [0.15, 0.2) is 57.9 Å². The molecule has 2 N–H and O–H groups in total. The molecule has 0 amide bonds. The monoisotopic (exact) mass is 344 g/mol. The van der Waals surface area contributed by atoms with Gasteiger partial charge < -0.3 is 14.0 Å². The number of nitrogens with two attached hydrogens (primary N) is 1. The van der Waals surface area contributed by atoms with E-state index in [1.165, 1.54) is 12.1 Å². The molecule has 7 nitrogen and oxygen atoms in total. The van der Waals surface area contributed by atoms with Crippen LogP contribution < -0.4 is 14.6 Å². The highest BCUT2D eigenvalue weighted by atomic mass is 32.2. The minimum Gasteiger partial charge on any atom is -0.454 e. The van der Waals surface area contributed by atoms with Crippen molar-refractivity contribution < 1.29 is 22.4 Å². The van der Waals surface area contributed by atoms with Crippen molar-refractivity contribution in [3.05, 3.63) is 48.5 Å². The van der Waals surface area contributed by atoms with Crippen molar-refractivity contribution in [2.24, 2.45) is 5.14 Å². The van der Waals surface area contributed by atoms with E-state index in [1.54, 1.807) is 18.2 Å². The van der Waals surface area contributed by atoms with Gasteiger partial charge >= 0.3 is 0 Å². The lowest BCUT2D eigenvalue weighted by molar-refractivity contribution is 0.174. The van der Waals surface area contributed by atoms with Gasteiger partial charge in [-0.25, -0.2) is 13.6 Å². The maximum Gasteiger partial charge on any atom is 0.238 e. The van der Waals surface area contributed by atoms with Crippen LogP contribution in [0.2, 0.25) is 0 Å². The number of rotatable bonds is 3. The summed E-state index contributed by atoms with van der Waals surface area (Å²) in [5, 5.41) is 9.13. The number of fused-ring (bicyclic) bond motifs is 1. The summed E-state index contributed by atoms with van der Waals surface area (Å²) in [5.74, 6) is 1.87. The van der Waals surface area contributed by atoms with Crippen molar-refractivity contribution in [2.45, 2.75) is 4.90 Å². The predicted octanol–water partition coefficient (Wildman–Crippen LogP) is 2.38. The Morgan fingerprint density at radius 3 is 2.38 bits per heavy atom. The third kappa shape index (κ3) is 2.61. The molecule has 0 atom stereocenters. The Hall–Kier alpha value is -2.84. The Bertz CT molecular complexity index is 1010. The summed E-state index contributed by atoms with van der Waals surface area (Å²) in [6.45, 7) is 0.208. The van der Waals surface area contributed by atoms with Crippen molar-refractivity contribution in [2.75, 3.05) is 6.79 Å². The Labute approximate surface area is 137 Å². The van der Waals surface area contributed by atoms with Gasteiger partial charge in [-0.15, -0.1) is 0 Å². The minimum absolute atomic E-state index is 0.0433. The van der Waals surface area contributed by atoms with Crippen molar-refractivity contribution >= 4 is 10.0 Å². The lowest BCUT2D eigenvalue weighted by Crippen LogP contribution is -2.11. The van der Waals surface area contributed by atoms with Crippen molar-refractivity contribution in [1.29, 1.82) is 0 Å². The molecule has 0 fully saturated rings. The van der Waals surface area contributed by atoms with Gasteiger partial charge in [0.1, 0.15) is 5.69 Å². The van der Waals surface area contributed by atoms with Gasteiger partial charge in [0.2, 0.25) is 16.8 Å². The number of benzene rings is 2. The molecule has 0 saturated heterocycles. The SMILES string of the molecule is NS(=O)(=O)c1ccc(-c2cc(-c3ccc4c(c3)OCO4)no2)cc1. The Kier molecular flexibility index (Phi) is 3.29. The molecule has 1 aliphatic heterocycles. The molecule has 0 spiro atoms. The van der Waals surface area contributed by atoms with E-state index in [1.807, 2.05) is 18.2 Å². The van der Waals surface area contributed by atoms with E-state index in [4.69, 9.17) is 19.1 Å². The van der Waals surface area contributed by atoms with Gasteiger partial charge in [0.25, 0.3) is 0 Å². The van der Waals surface area contributed by atoms with Gasteiger partial charge in [0, 0.05) is 17.2 Å². The first-order valence-electron chi connectivity index (χ1n) is 7.01. The lowest BCUT2D eigenvalue weighted by atomic mass is 10.1. The zero-order valence-electron chi connectivity index (χ0n) is 12.3. The molecule has 122 valence electrons. The summed E-state index contributed by atoms with van der Waals surface area (Å²) in [5.41, 5.74) is 2.16. The molecule has 0 unspecified atom stereocenters. The zero-order valence-corrected chi connectivity index (χ0v) is 13.1. The molecule has 24 heavy (non-hydrogen) atoms. The van der Waals surface area contributed by atoms with E-state index >= 15 is 0 Å². The smallest absolute Gasteiger partial charge is 0.238 e. The van der Waals surface area contributed by atoms with E-state index in [-0.39, 0.29) is 11.7 Å². The topological polar surface area (TPSA) is 105 Å². The number of primary sulfonamides is 1. The van der Waals surface area contributed by atoms with Crippen LogP contribution in [-0.2, 0) is 10.0 Å². The second-order valence-corrected chi connectivity index (χ2v) is 6.78. The molecule has 2 aromatic carbocycles. The van der Waals surface area contributed by atoms with Gasteiger partial charge in [-0.2, -0.15) is 0 Å². The van der Waals surface area contributed by atoms with Gasteiger partial charge in [-0.1, -0.05) is 5.16 Å². The average Bonchev–Trinajstić information content (AvgIpc) is 3.22. The van der Waals surface area contributed by atoms with Gasteiger partial charge in [-0.3, -0.25) is 0 Å². The maximum absolute atomic E-state index is 11.3. The fraction of sp³-hybridized carbons (Fsp3) is 0.0625. The molecule has 0 radical (unpaired) electrons. The third-order valence-corrected chi connectivity index (χ3v) is 4.58. The van der Waals surface area contributed by atoms with E-state index in [0.29, 0.717) is 28.5 Å². The van der Waals surface area contributed by atoms with Gasteiger partial charge in [0.15, 0.2) is 17.3 Å². The molecule has 8 heteroatoms. The van der Waals surface area contributed by atoms with E-state index in [9.17, 15) is 8.42 Å². The highest BCUT2D eigenvalue weighted by Crippen LogP contribution is 2.36. The number of hydrogen-bond donors (Lipinski definition) is 1. The summed E-state index contributed by atoms with van der Waals surface area (Å²) < 4.78 is 38.5. The molecule has 0 aliphatic carbocycles. The first-order valence-corrected chi connectivity index (χ1v) is 8.55. The zero-order chi connectivity index (χ0) is 16.7. The highest BCUT2D eigenvalue weighted by Gasteiger charge is 2.16. The van der Waals surface area contributed by atoms with Crippen LogP contribution in [0.1, 0.15) is 0 Å². The predicted molar refractivity (Wildman–Crippen MR) is 84.9 cm³/mol. The minimum atomic E-state index is -3.72. The van der Waals surface area contributed by atoms with Gasteiger partial charge in [-0.05, 0) is 42.5 Å². The van der Waals surface area contributed by atoms with Crippen molar-refractivity contribution in [3.63, 3.8) is 0 Å². The molecule has 2 heterocycles. The number of sulfonamides is 1. The Morgan fingerprint density at radius 1 is 0.917 bits per heavy atom. The summed E-state index contributed by atoms with van der Waals surface area (Å²) in [4.78, 5) is 0.0433. The molecular weight excluding hydrogens is 332 g/mol. The fourth-order valence-electron chi connectivity index (χ4n) is 2.41. The van der Waals surface area contributed by atoms with E-state index < -0.39 is 10.0 Å². The Morgan fingerprint density at radius 2 is 1.62 bits per heavy atom. The van der Waals surface area contributed by atoms with Crippen LogP contribution in [-0.4, -0.2) is 20.4 Å². The first kappa shape index (κ1) is 14.7. The second-order valence-electron chi connectivity index (χ2n) is 5.21.